The summed E-state index contributed by atoms with van der Waals surface area (Å²) in [6.45, 7) is 5.28. The van der Waals surface area contributed by atoms with Crippen molar-refractivity contribution in [1.82, 2.24) is 0 Å². The molecule has 2 atom stereocenters. The zero-order valence-electron chi connectivity index (χ0n) is 14.6. The van der Waals surface area contributed by atoms with E-state index in [4.69, 9.17) is 14.2 Å². The van der Waals surface area contributed by atoms with Crippen molar-refractivity contribution in [3.8, 4) is 11.5 Å². The van der Waals surface area contributed by atoms with Crippen molar-refractivity contribution in [1.29, 1.82) is 0 Å². The Labute approximate surface area is 166 Å². The van der Waals surface area contributed by atoms with Crippen LogP contribution in [0.5, 0.6) is 11.5 Å². The van der Waals surface area contributed by atoms with Crippen LogP contribution in [-0.4, -0.2) is 23.2 Å². The van der Waals surface area contributed by atoms with Crippen molar-refractivity contribution in [2.45, 2.75) is 36.7 Å². The molecule has 0 saturated heterocycles. The van der Waals surface area contributed by atoms with Crippen LogP contribution >= 0.6 is 31.9 Å². The van der Waals surface area contributed by atoms with Gasteiger partial charge < -0.3 is 14.2 Å². The summed E-state index contributed by atoms with van der Waals surface area (Å²) in [5, 5.41) is -0.226. The highest BCUT2D eigenvalue weighted by atomic mass is 79.9. The summed E-state index contributed by atoms with van der Waals surface area (Å²) in [4.78, 5) is 0. The van der Waals surface area contributed by atoms with E-state index < -0.39 is 0 Å². The largest absolute Gasteiger partial charge is 0.494 e. The second kappa shape index (κ2) is 10.8. The van der Waals surface area contributed by atoms with Crippen LogP contribution in [0.4, 0.5) is 0 Å². The molecule has 0 aliphatic heterocycles. The molecule has 0 amide bonds. The third kappa shape index (κ3) is 6.65. The molecule has 5 heteroatoms. The lowest BCUT2D eigenvalue weighted by molar-refractivity contribution is 0.0996. The van der Waals surface area contributed by atoms with Crippen LogP contribution in [0.1, 0.15) is 25.0 Å². The number of hydrogen-bond donors (Lipinski definition) is 0. The first kappa shape index (κ1) is 20.3. The molecule has 136 valence electrons. The second-order valence-corrected chi connectivity index (χ2v) is 7.49. The fourth-order valence-corrected chi connectivity index (χ4v) is 4.05. The molecule has 2 rings (SSSR count). The van der Waals surface area contributed by atoms with E-state index in [0.29, 0.717) is 13.2 Å². The standard InChI is InChI=1S/C20H24Br2O3/c1-3-23-17-11-7-5-9-15(17)13-19(21)25-20(22)14-16-10-6-8-12-18(16)24-4-2/h5-12,19-20H,3-4,13-14H2,1-2H3. The second-order valence-electron chi connectivity index (χ2n) is 5.45. The van der Waals surface area contributed by atoms with Crippen LogP contribution in [-0.2, 0) is 17.6 Å². The molecule has 2 unspecified atom stereocenters. The van der Waals surface area contributed by atoms with E-state index in [-0.39, 0.29) is 10.0 Å². The van der Waals surface area contributed by atoms with Crippen molar-refractivity contribution < 1.29 is 14.2 Å². The highest BCUT2D eigenvalue weighted by molar-refractivity contribution is 9.10. The normalized spacial score (nSPS) is 13.3. The Hall–Kier alpha value is -1.04. The molecule has 2 aromatic rings. The molecule has 0 spiro atoms. The van der Waals surface area contributed by atoms with Crippen LogP contribution in [0.3, 0.4) is 0 Å². The first-order chi connectivity index (χ1) is 12.1. The highest BCUT2D eigenvalue weighted by Crippen LogP contribution is 2.26. The van der Waals surface area contributed by atoms with Crippen molar-refractivity contribution in [2.75, 3.05) is 13.2 Å². The summed E-state index contributed by atoms with van der Waals surface area (Å²) in [6, 6.07) is 16.1. The Balaban J connectivity index is 1.93. The molecule has 0 N–H and O–H groups in total. The predicted molar refractivity (Wildman–Crippen MR) is 109 cm³/mol. The summed E-state index contributed by atoms with van der Waals surface area (Å²) in [7, 11) is 0. The minimum Gasteiger partial charge on any atom is -0.494 e. The van der Waals surface area contributed by atoms with Gasteiger partial charge in [-0.25, -0.2) is 0 Å². The molecule has 2 aromatic carbocycles. The zero-order chi connectivity index (χ0) is 18.1. The molecule has 25 heavy (non-hydrogen) atoms. The van der Waals surface area contributed by atoms with Gasteiger partial charge in [-0.1, -0.05) is 68.3 Å². The number of alkyl halides is 2. The van der Waals surface area contributed by atoms with Gasteiger partial charge in [-0.2, -0.15) is 0 Å². The molecule has 0 saturated carbocycles. The smallest absolute Gasteiger partial charge is 0.122 e. The van der Waals surface area contributed by atoms with Gasteiger partial charge in [-0.3, -0.25) is 0 Å². The predicted octanol–water partition coefficient (Wildman–Crippen LogP) is 5.73. The van der Waals surface area contributed by atoms with Gasteiger partial charge in [0.1, 0.15) is 21.5 Å². The summed E-state index contributed by atoms with van der Waals surface area (Å²) >= 11 is 7.25. The van der Waals surface area contributed by atoms with Crippen LogP contribution in [0.2, 0.25) is 0 Å². The monoisotopic (exact) mass is 470 g/mol. The van der Waals surface area contributed by atoms with Gasteiger partial charge in [0.2, 0.25) is 0 Å². The molecule has 0 heterocycles. The van der Waals surface area contributed by atoms with Crippen molar-refractivity contribution >= 4 is 31.9 Å². The molecule has 0 fully saturated rings. The molecule has 0 aliphatic rings. The molecule has 0 bridgehead atoms. The number of rotatable bonds is 10. The number of halogens is 2. The fourth-order valence-electron chi connectivity index (χ4n) is 2.54. The van der Waals surface area contributed by atoms with Crippen molar-refractivity contribution in [2.24, 2.45) is 0 Å². The fraction of sp³-hybridized carbons (Fsp3) is 0.400. The lowest BCUT2D eigenvalue weighted by atomic mass is 10.1. The number of hydrogen-bond acceptors (Lipinski definition) is 3. The lowest BCUT2D eigenvalue weighted by Crippen LogP contribution is -2.17. The highest BCUT2D eigenvalue weighted by Gasteiger charge is 2.16. The Morgan fingerprint density at radius 3 is 1.52 bits per heavy atom. The number of benzene rings is 2. The Kier molecular flexibility index (Phi) is 8.79. The Bertz CT molecular complexity index is 593. The van der Waals surface area contributed by atoms with E-state index in [0.717, 1.165) is 35.5 Å². The maximum Gasteiger partial charge on any atom is 0.122 e. The van der Waals surface area contributed by atoms with E-state index >= 15 is 0 Å². The topological polar surface area (TPSA) is 27.7 Å². The lowest BCUT2D eigenvalue weighted by Gasteiger charge is -2.19. The average Bonchev–Trinajstić information content (AvgIpc) is 2.58. The number of ether oxygens (including phenoxy) is 3. The molecule has 0 aromatic heterocycles. The summed E-state index contributed by atoms with van der Waals surface area (Å²) in [5.41, 5.74) is 2.25. The maximum atomic E-state index is 6.05. The van der Waals surface area contributed by atoms with E-state index in [1.165, 1.54) is 0 Å². The van der Waals surface area contributed by atoms with E-state index in [1.54, 1.807) is 0 Å². The molecular formula is C20H24Br2O3. The van der Waals surface area contributed by atoms with Crippen molar-refractivity contribution in [3.05, 3.63) is 59.7 Å². The van der Waals surface area contributed by atoms with Crippen LogP contribution in [0, 0.1) is 0 Å². The van der Waals surface area contributed by atoms with E-state index in [2.05, 4.69) is 44.0 Å². The Morgan fingerprint density at radius 2 is 1.12 bits per heavy atom. The summed E-state index contributed by atoms with van der Waals surface area (Å²) in [6.07, 6.45) is 1.46. The molecule has 0 aliphatic carbocycles. The van der Waals surface area contributed by atoms with Crippen LogP contribution in [0.25, 0.3) is 0 Å². The van der Waals surface area contributed by atoms with Crippen molar-refractivity contribution in [3.63, 3.8) is 0 Å². The summed E-state index contributed by atoms with van der Waals surface area (Å²) in [5.74, 6) is 1.82. The molecular weight excluding hydrogens is 448 g/mol. The minimum atomic E-state index is -0.113. The van der Waals surface area contributed by atoms with Gasteiger partial charge in [0.25, 0.3) is 0 Å². The third-order valence-electron chi connectivity index (χ3n) is 3.60. The minimum absolute atomic E-state index is 0.113. The molecule has 0 radical (unpaired) electrons. The first-order valence-corrected chi connectivity index (χ1v) is 10.3. The zero-order valence-corrected chi connectivity index (χ0v) is 17.8. The van der Waals surface area contributed by atoms with Crippen LogP contribution < -0.4 is 9.47 Å². The summed E-state index contributed by atoms with van der Waals surface area (Å²) < 4.78 is 17.4. The van der Waals surface area contributed by atoms with Crippen LogP contribution in [0.15, 0.2) is 48.5 Å². The Morgan fingerprint density at radius 1 is 0.720 bits per heavy atom. The SMILES string of the molecule is CCOc1ccccc1CC(Br)OC(Br)Cc1ccccc1OCC. The maximum absolute atomic E-state index is 6.05. The number of para-hydroxylation sites is 2. The van der Waals surface area contributed by atoms with Gasteiger partial charge in [0.05, 0.1) is 13.2 Å². The average molecular weight is 472 g/mol. The van der Waals surface area contributed by atoms with E-state index in [1.807, 2.05) is 50.2 Å². The van der Waals surface area contributed by atoms with Gasteiger partial charge >= 0.3 is 0 Å². The third-order valence-corrected chi connectivity index (χ3v) is 4.68. The van der Waals surface area contributed by atoms with Gasteiger partial charge in [0.15, 0.2) is 0 Å². The first-order valence-electron chi connectivity index (χ1n) is 8.49. The van der Waals surface area contributed by atoms with Gasteiger partial charge in [-0.05, 0) is 37.1 Å². The molecule has 3 nitrogen and oxygen atoms in total. The van der Waals surface area contributed by atoms with Gasteiger partial charge in [-0.15, -0.1) is 0 Å². The quantitative estimate of drug-likeness (QED) is 0.414. The van der Waals surface area contributed by atoms with Gasteiger partial charge in [0, 0.05) is 12.8 Å². The van der Waals surface area contributed by atoms with E-state index in [9.17, 15) is 0 Å².